The molecule has 0 saturated heterocycles. The number of phenols is 1. The van der Waals surface area contributed by atoms with Gasteiger partial charge in [-0.3, -0.25) is 4.79 Å². The summed E-state index contributed by atoms with van der Waals surface area (Å²) >= 11 is 3.56. The summed E-state index contributed by atoms with van der Waals surface area (Å²) in [5.74, 6) is 1.78. The van der Waals surface area contributed by atoms with Crippen LogP contribution in [0.1, 0.15) is 47.1 Å². The number of anilines is 1. The fraction of sp³-hybridized carbons (Fsp3) is 0.226. The van der Waals surface area contributed by atoms with Gasteiger partial charge in [0.1, 0.15) is 11.6 Å². The number of aromatic hydroxyl groups is 1. The van der Waals surface area contributed by atoms with E-state index in [4.69, 9.17) is 14.6 Å². The smallest absolute Gasteiger partial charge is 0.162 e. The van der Waals surface area contributed by atoms with Crippen molar-refractivity contribution in [3.8, 4) is 22.9 Å². The molecule has 8 heteroatoms. The van der Waals surface area contributed by atoms with Crippen LogP contribution in [0.15, 0.2) is 82.5 Å². The van der Waals surface area contributed by atoms with Gasteiger partial charge in [0.05, 0.1) is 25.6 Å². The van der Waals surface area contributed by atoms with Gasteiger partial charge in [0.2, 0.25) is 0 Å². The highest BCUT2D eigenvalue weighted by molar-refractivity contribution is 9.10. The van der Waals surface area contributed by atoms with E-state index >= 15 is 0 Å². The van der Waals surface area contributed by atoms with Crippen molar-refractivity contribution in [1.29, 1.82) is 0 Å². The number of fused-ring (bicyclic) bond motifs is 1. The van der Waals surface area contributed by atoms with Crippen LogP contribution in [0.4, 0.5) is 5.82 Å². The number of benzene rings is 3. The second-order valence-corrected chi connectivity index (χ2v) is 10.8. The number of halogens is 1. The molecule has 0 bridgehead atoms. The fourth-order valence-electron chi connectivity index (χ4n) is 5.84. The number of carbonyl (C=O) groups excluding carboxylic acids is 1. The summed E-state index contributed by atoms with van der Waals surface area (Å²) < 4.78 is 13.7. The van der Waals surface area contributed by atoms with Crippen LogP contribution < -0.4 is 14.8 Å². The number of phenolic OH excluding ortho intramolecular Hbond substituents is 1. The zero-order valence-corrected chi connectivity index (χ0v) is 23.5. The molecule has 0 radical (unpaired) electrons. The van der Waals surface area contributed by atoms with Gasteiger partial charge in [-0.05, 0) is 67.3 Å². The molecule has 3 aromatic carbocycles. The molecule has 0 fully saturated rings. The molecule has 4 aromatic rings. The average molecular weight is 586 g/mol. The topological polar surface area (TPSA) is 85.6 Å². The van der Waals surface area contributed by atoms with E-state index in [0.717, 1.165) is 38.5 Å². The minimum atomic E-state index is -0.454. The molecule has 0 unspecified atom stereocenters. The standard InChI is InChI=1S/C31H28BrN3O4/c1-17-28-29(22-16-20(32)10-11-24(22)36)30-23(33-31(28)35(34-17)21-7-5-4-6-8-21)13-19(14-25(30)37)18-9-12-26(38-2)27(15-18)39-3/h4-12,15-16,19,29,33,36H,13-14H2,1-3H3/t19-,29-/m0/s1. The number of rotatable bonds is 5. The normalized spacial score (nSPS) is 18.3. The summed E-state index contributed by atoms with van der Waals surface area (Å²) in [6, 6.07) is 21.1. The van der Waals surface area contributed by atoms with Crippen LogP contribution in [-0.4, -0.2) is 34.9 Å². The van der Waals surface area contributed by atoms with Crippen LogP contribution in [0.2, 0.25) is 0 Å². The van der Waals surface area contributed by atoms with Crippen molar-refractivity contribution >= 4 is 27.5 Å². The number of allylic oxidation sites excluding steroid dienone is 2. The fourth-order valence-corrected chi connectivity index (χ4v) is 6.22. The maximum atomic E-state index is 14.0. The highest BCUT2D eigenvalue weighted by Crippen LogP contribution is 2.51. The zero-order valence-electron chi connectivity index (χ0n) is 21.9. The van der Waals surface area contributed by atoms with Crippen molar-refractivity contribution in [2.75, 3.05) is 19.5 Å². The highest BCUT2D eigenvalue weighted by Gasteiger charge is 2.42. The Kier molecular flexibility index (Phi) is 6.43. The first-order chi connectivity index (χ1) is 18.9. The molecule has 1 aromatic heterocycles. The summed E-state index contributed by atoms with van der Waals surface area (Å²) in [6.45, 7) is 1.95. The number of aryl methyl sites for hydroxylation is 1. The van der Waals surface area contributed by atoms with Crippen molar-refractivity contribution in [1.82, 2.24) is 9.78 Å². The molecule has 0 spiro atoms. The summed E-state index contributed by atoms with van der Waals surface area (Å²) in [6.07, 6.45) is 0.975. The van der Waals surface area contributed by atoms with E-state index in [1.54, 1.807) is 26.4 Å². The Labute approximate surface area is 235 Å². The Morgan fingerprint density at radius 1 is 1.00 bits per heavy atom. The highest BCUT2D eigenvalue weighted by atomic mass is 79.9. The molecule has 2 heterocycles. The van der Waals surface area contributed by atoms with Crippen molar-refractivity contribution in [2.24, 2.45) is 0 Å². The number of hydrogen-bond donors (Lipinski definition) is 2. The molecule has 2 N–H and O–H groups in total. The van der Waals surface area contributed by atoms with E-state index in [1.165, 1.54) is 0 Å². The van der Waals surface area contributed by atoms with Gasteiger partial charge >= 0.3 is 0 Å². The number of para-hydroxylation sites is 1. The van der Waals surface area contributed by atoms with Gasteiger partial charge in [-0.2, -0.15) is 5.10 Å². The second-order valence-electron chi connectivity index (χ2n) is 9.89. The van der Waals surface area contributed by atoms with Gasteiger partial charge in [-0.25, -0.2) is 4.68 Å². The van der Waals surface area contributed by atoms with Crippen molar-refractivity contribution in [3.05, 3.63) is 105 Å². The minimum Gasteiger partial charge on any atom is -0.508 e. The summed E-state index contributed by atoms with van der Waals surface area (Å²) in [7, 11) is 3.22. The van der Waals surface area contributed by atoms with Crippen LogP contribution in [-0.2, 0) is 4.79 Å². The Balaban J connectivity index is 1.52. The molecular weight excluding hydrogens is 558 g/mol. The Morgan fingerprint density at radius 2 is 1.77 bits per heavy atom. The van der Waals surface area contributed by atoms with E-state index in [9.17, 15) is 9.90 Å². The third-order valence-corrected chi connectivity index (χ3v) is 8.13. The first kappa shape index (κ1) is 25.2. The summed E-state index contributed by atoms with van der Waals surface area (Å²) in [4.78, 5) is 14.0. The van der Waals surface area contributed by atoms with Crippen LogP contribution in [0.3, 0.4) is 0 Å². The molecule has 0 amide bonds. The molecule has 1 aliphatic carbocycles. The molecule has 2 aliphatic rings. The van der Waals surface area contributed by atoms with E-state index in [1.807, 2.05) is 66.2 Å². The third kappa shape index (κ3) is 4.29. The van der Waals surface area contributed by atoms with E-state index in [0.29, 0.717) is 35.5 Å². The average Bonchev–Trinajstić information content (AvgIpc) is 3.29. The van der Waals surface area contributed by atoms with Gasteiger partial charge < -0.3 is 19.9 Å². The zero-order chi connectivity index (χ0) is 27.3. The van der Waals surface area contributed by atoms with E-state index in [-0.39, 0.29) is 17.5 Å². The molecule has 2 atom stereocenters. The number of Topliss-reactive ketones (excluding diaryl/α,β-unsaturated/α-hetero) is 1. The molecule has 198 valence electrons. The number of methoxy groups -OCH3 is 2. The lowest BCUT2D eigenvalue weighted by Gasteiger charge is -2.36. The summed E-state index contributed by atoms with van der Waals surface area (Å²) in [5, 5.41) is 19.5. The number of ether oxygens (including phenoxy) is 2. The van der Waals surface area contributed by atoms with Gasteiger partial charge in [0, 0.05) is 39.2 Å². The van der Waals surface area contributed by atoms with Crippen molar-refractivity contribution in [3.63, 3.8) is 0 Å². The lowest BCUT2D eigenvalue weighted by atomic mass is 9.72. The predicted molar refractivity (Wildman–Crippen MR) is 153 cm³/mol. The van der Waals surface area contributed by atoms with E-state index in [2.05, 4.69) is 21.2 Å². The maximum Gasteiger partial charge on any atom is 0.162 e. The Hall–Kier alpha value is -4.04. The quantitative estimate of drug-likeness (QED) is 0.273. The van der Waals surface area contributed by atoms with Crippen LogP contribution in [0, 0.1) is 6.92 Å². The largest absolute Gasteiger partial charge is 0.508 e. The number of ketones is 1. The SMILES string of the molecule is COc1ccc([C@@H]2CC(=O)C3=C(C2)Nc2c(c(C)nn2-c2ccccc2)[C@@H]3c2cc(Br)ccc2O)cc1OC. The van der Waals surface area contributed by atoms with Crippen LogP contribution in [0.5, 0.6) is 17.2 Å². The minimum absolute atomic E-state index is 0.0453. The Morgan fingerprint density at radius 3 is 2.51 bits per heavy atom. The molecular formula is C31H28BrN3O4. The number of nitrogens with zero attached hydrogens (tertiary/aromatic N) is 2. The van der Waals surface area contributed by atoms with Gasteiger partial charge in [0.15, 0.2) is 17.3 Å². The number of carbonyl (C=O) groups is 1. The number of nitrogens with one attached hydrogen (secondary N) is 1. The van der Waals surface area contributed by atoms with Crippen molar-refractivity contribution < 1.29 is 19.4 Å². The predicted octanol–water partition coefficient (Wildman–Crippen LogP) is 6.62. The Bertz CT molecular complexity index is 1630. The molecule has 1 aliphatic heterocycles. The van der Waals surface area contributed by atoms with E-state index < -0.39 is 5.92 Å². The molecule has 7 nitrogen and oxygen atoms in total. The first-order valence-corrected chi connectivity index (χ1v) is 13.6. The molecule has 39 heavy (non-hydrogen) atoms. The second kappa shape index (κ2) is 9.93. The number of hydrogen-bond acceptors (Lipinski definition) is 6. The van der Waals surface area contributed by atoms with Gasteiger partial charge in [-0.1, -0.05) is 40.2 Å². The van der Waals surface area contributed by atoms with Crippen LogP contribution in [0.25, 0.3) is 5.69 Å². The molecule has 0 saturated carbocycles. The monoisotopic (exact) mass is 585 g/mol. The summed E-state index contributed by atoms with van der Waals surface area (Å²) in [5.41, 5.74) is 5.82. The lowest BCUT2D eigenvalue weighted by molar-refractivity contribution is -0.116. The van der Waals surface area contributed by atoms with Gasteiger partial charge in [0.25, 0.3) is 0 Å². The molecule has 6 rings (SSSR count). The van der Waals surface area contributed by atoms with Crippen molar-refractivity contribution in [2.45, 2.75) is 31.6 Å². The van der Waals surface area contributed by atoms with Gasteiger partial charge in [-0.15, -0.1) is 0 Å². The van der Waals surface area contributed by atoms with Crippen LogP contribution >= 0.6 is 15.9 Å². The third-order valence-electron chi connectivity index (χ3n) is 7.64. The maximum absolute atomic E-state index is 14.0. The first-order valence-electron chi connectivity index (χ1n) is 12.8. The number of aromatic nitrogens is 2. The lowest BCUT2D eigenvalue weighted by Crippen LogP contribution is -2.30.